The van der Waals surface area contributed by atoms with Gasteiger partial charge in [0.1, 0.15) is 30.8 Å². The van der Waals surface area contributed by atoms with E-state index >= 15 is 0 Å². The predicted octanol–water partition coefficient (Wildman–Crippen LogP) is 8.72. The quantitative estimate of drug-likeness (QED) is 0.0241. The molecule has 1 fully saturated rings. The maximum atomic E-state index is 14.8. The van der Waals surface area contributed by atoms with Gasteiger partial charge in [-0.2, -0.15) is 0 Å². The van der Waals surface area contributed by atoms with Crippen molar-refractivity contribution in [2.45, 2.75) is 252 Å². The first-order chi connectivity index (χ1) is 46.7. The molecule has 7 N–H and O–H groups in total. The van der Waals surface area contributed by atoms with Crippen LogP contribution < -0.4 is 31.9 Å². The number of nitrogens with one attached hydrogen (secondary N) is 6. The fraction of sp³-hybridized carbons (Fsp3) is 0.703. The highest BCUT2D eigenvalue weighted by Crippen LogP contribution is 2.41. The predicted molar refractivity (Wildman–Crippen MR) is 386 cm³/mol. The molecule has 1 aliphatic heterocycles. The molecule has 25 heteroatoms. The van der Waals surface area contributed by atoms with E-state index in [0.29, 0.717) is 74.3 Å². The van der Waals surface area contributed by atoms with Crippen molar-refractivity contribution in [2.75, 3.05) is 53.8 Å². The molecule has 0 aliphatic carbocycles. The van der Waals surface area contributed by atoms with Crippen LogP contribution in [0, 0.1) is 35.5 Å². The van der Waals surface area contributed by atoms with Crippen LogP contribution in [0.15, 0.2) is 54.6 Å². The smallest absolute Gasteiger partial charge is 0.410 e. The van der Waals surface area contributed by atoms with Crippen molar-refractivity contribution in [1.29, 1.82) is 0 Å². The molecule has 24 nitrogen and oxygen atoms in total. The standard InChI is InChI=1S/C74H121N9O15S/c1-21-47(10)64(56(95-18)41-59(85)83-40-30-33-55(83)66(97-20)49(12)67(88)76-50(13)65(87)53-31-26-24-27-32-53)81(16)72(93)62(45(6)7)80-71(92)63(46(8)9)82(17)73(94)98-43-52-35-37-54(38-36-52)78-68(89)51(14)77-70(91)61(44(4)5)79-58(84)34-28-25-29-39-75-69(90)57(42-60(86)96-19)99-74(15,23-3)48(11)22-2/h24,26-27,31-32,35-38,44-51,55-57,61-66,87H,21-23,25,28-30,33-34,39-43H2,1-20H3,(H,75,90)(H,76,88)(H,77,91)(H,78,89)(H,79,84)(H,80,92)/t47-,48?,49+,50+,51-,55-,56+,57?,61-,62-,63-,64-,65+,66+,74?/m0/s1. The van der Waals surface area contributed by atoms with Crippen LogP contribution in [0.1, 0.15) is 192 Å². The van der Waals surface area contributed by atoms with Gasteiger partial charge in [-0.05, 0) is 98.8 Å². The highest BCUT2D eigenvalue weighted by atomic mass is 32.2. The summed E-state index contributed by atoms with van der Waals surface area (Å²) in [5.41, 5.74) is 1.64. The highest BCUT2D eigenvalue weighted by molar-refractivity contribution is 8.02. The average molecular weight is 1410 g/mol. The summed E-state index contributed by atoms with van der Waals surface area (Å²) < 4.78 is 22.4. The minimum atomic E-state index is -1.06. The van der Waals surface area contributed by atoms with E-state index in [9.17, 15) is 53.1 Å². The summed E-state index contributed by atoms with van der Waals surface area (Å²) in [5, 5.41) is 27.5. The van der Waals surface area contributed by atoms with Gasteiger partial charge in [0.25, 0.3) is 0 Å². The molecular formula is C74H121N9O15S. The largest absolute Gasteiger partial charge is 0.469 e. The summed E-state index contributed by atoms with van der Waals surface area (Å²) in [4.78, 5) is 141. The van der Waals surface area contributed by atoms with E-state index < -0.39 is 119 Å². The van der Waals surface area contributed by atoms with E-state index in [4.69, 9.17) is 18.9 Å². The van der Waals surface area contributed by atoms with Crippen molar-refractivity contribution in [3.05, 3.63) is 65.7 Å². The normalized spacial score (nSPS) is 17.7. The second kappa shape index (κ2) is 42.4. The number of hydrogen-bond donors (Lipinski definition) is 7. The van der Waals surface area contributed by atoms with Crippen molar-refractivity contribution in [3.8, 4) is 0 Å². The number of likely N-dealkylation sites (N-methyl/N-ethyl adjacent to an activating group) is 2. The zero-order chi connectivity index (χ0) is 74.6. The molecule has 9 amide bonds. The van der Waals surface area contributed by atoms with E-state index in [0.717, 1.165) is 12.8 Å². The van der Waals surface area contributed by atoms with Crippen LogP contribution in [-0.2, 0) is 68.7 Å². The number of carbonyl (C=O) groups is 10. The Morgan fingerprint density at radius 3 is 1.88 bits per heavy atom. The fourth-order valence-corrected chi connectivity index (χ4v) is 14.3. The lowest BCUT2D eigenvalue weighted by atomic mass is 9.89. The molecule has 2 aromatic rings. The van der Waals surface area contributed by atoms with E-state index in [1.165, 1.54) is 52.0 Å². The molecule has 1 aliphatic rings. The molecule has 3 unspecified atom stereocenters. The molecule has 0 aromatic heterocycles. The third kappa shape index (κ3) is 25.9. The van der Waals surface area contributed by atoms with Gasteiger partial charge in [0.2, 0.25) is 47.3 Å². The topological polar surface area (TPSA) is 310 Å². The molecule has 1 saturated heterocycles. The minimum absolute atomic E-state index is 0.0329. The molecule has 0 bridgehead atoms. The lowest BCUT2D eigenvalue weighted by Gasteiger charge is -2.41. The molecule has 2 aromatic carbocycles. The Labute approximate surface area is 594 Å². The number of nitrogens with zero attached hydrogens (tertiary/aromatic N) is 3. The molecule has 1 heterocycles. The molecule has 0 saturated carbocycles. The van der Waals surface area contributed by atoms with E-state index in [-0.39, 0.29) is 66.1 Å². The molecule has 3 rings (SSSR count). The van der Waals surface area contributed by atoms with Gasteiger partial charge in [-0.3, -0.25) is 48.1 Å². The van der Waals surface area contributed by atoms with Crippen molar-refractivity contribution in [1.82, 2.24) is 41.3 Å². The van der Waals surface area contributed by atoms with Crippen molar-refractivity contribution in [3.63, 3.8) is 0 Å². The van der Waals surface area contributed by atoms with Gasteiger partial charge in [0.05, 0.1) is 67.6 Å². The minimum Gasteiger partial charge on any atom is -0.469 e. The van der Waals surface area contributed by atoms with Crippen molar-refractivity contribution in [2.24, 2.45) is 35.5 Å². The summed E-state index contributed by atoms with van der Waals surface area (Å²) in [5.74, 6) is -5.23. The molecule has 0 spiro atoms. The van der Waals surface area contributed by atoms with Crippen molar-refractivity contribution < 1.29 is 72.0 Å². The zero-order valence-corrected chi connectivity index (χ0v) is 63.6. The average Bonchev–Trinajstić information content (AvgIpc) is 1.80. The number of methoxy groups -OCH3 is 3. The van der Waals surface area contributed by atoms with E-state index in [2.05, 4.69) is 59.6 Å². The first-order valence-electron chi connectivity index (χ1n) is 35.5. The maximum absolute atomic E-state index is 14.8. The first kappa shape index (κ1) is 86.4. The fourth-order valence-electron chi connectivity index (χ4n) is 12.7. The van der Waals surface area contributed by atoms with Gasteiger partial charge in [-0.15, -0.1) is 11.8 Å². The number of anilines is 1. The monoisotopic (exact) mass is 1410 g/mol. The summed E-state index contributed by atoms with van der Waals surface area (Å²) >= 11 is 1.51. The van der Waals surface area contributed by atoms with Gasteiger partial charge in [-0.1, -0.05) is 152 Å². The number of ether oxygens (including phenoxy) is 4. The maximum Gasteiger partial charge on any atom is 0.410 e. The van der Waals surface area contributed by atoms with Crippen LogP contribution in [0.25, 0.3) is 0 Å². The number of rotatable bonds is 42. The van der Waals surface area contributed by atoms with Crippen LogP contribution >= 0.6 is 11.8 Å². The number of unbranched alkanes of at least 4 members (excludes halogenated alkanes) is 2. The Hall–Kier alpha value is -6.83. The van der Waals surface area contributed by atoms with Gasteiger partial charge >= 0.3 is 12.1 Å². The molecule has 99 heavy (non-hydrogen) atoms. The van der Waals surface area contributed by atoms with Gasteiger partial charge in [0, 0.05) is 58.3 Å². The number of esters is 1. The van der Waals surface area contributed by atoms with Crippen LogP contribution in [-0.4, -0.2) is 192 Å². The molecule has 15 atom stereocenters. The molecule has 558 valence electrons. The van der Waals surface area contributed by atoms with Gasteiger partial charge < -0.3 is 65.8 Å². The summed E-state index contributed by atoms with van der Waals surface area (Å²) in [6, 6.07) is 9.94. The van der Waals surface area contributed by atoms with Crippen LogP contribution in [0.5, 0.6) is 0 Å². The van der Waals surface area contributed by atoms with Crippen LogP contribution in [0.4, 0.5) is 10.5 Å². The molecular weight excluding hydrogens is 1290 g/mol. The Kier molecular flexibility index (Phi) is 37.0. The third-order valence-corrected chi connectivity index (χ3v) is 21.6. The summed E-state index contributed by atoms with van der Waals surface area (Å²) in [6.07, 6.45) is 2.31. The second-order valence-corrected chi connectivity index (χ2v) is 29.7. The number of hydrogen-bond acceptors (Lipinski definition) is 16. The first-order valence-corrected chi connectivity index (χ1v) is 36.4. The SMILES string of the molecule is CCC(C)C(C)(CC)SC(CC(=O)OC)C(=O)NCCCCCC(=O)N[C@H](C(=O)N[C@@H](C)C(=O)Nc1ccc(COC(=O)N(C)[C@H](C(=O)N[C@H](C(=O)N(C)[C@@H]([C@@H](C)CC)[C@@H](CC(=O)N2CCC[C@H]2[C@H](OC)[C@@H](C)C(=O)N[C@H](C)[C@@H](O)c2ccccc2)OC)C(C)C)C(C)C)cc1)C(C)C. The van der Waals surface area contributed by atoms with Crippen molar-refractivity contribution >= 4 is 76.8 Å². The lowest BCUT2D eigenvalue weighted by Crippen LogP contribution is -2.60. The summed E-state index contributed by atoms with van der Waals surface area (Å²) in [7, 11) is 7.43. The van der Waals surface area contributed by atoms with Crippen LogP contribution in [0.3, 0.4) is 0 Å². The number of benzene rings is 2. The molecule has 0 radical (unpaired) electrons. The van der Waals surface area contributed by atoms with Gasteiger partial charge in [-0.25, -0.2) is 4.79 Å². The second-order valence-electron chi connectivity index (χ2n) is 28.0. The zero-order valence-electron chi connectivity index (χ0n) is 62.8. The number of thioether (sulfide) groups is 1. The van der Waals surface area contributed by atoms with Gasteiger partial charge in [0.15, 0.2) is 0 Å². The van der Waals surface area contributed by atoms with Crippen LogP contribution in [0.2, 0.25) is 0 Å². The van der Waals surface area contributed by atoms with E-state index in [1.54, 1.807) is 94.8 Å². The number of likely N-dealkylation sites (tertiary alicyclic amines) is 1. The number of amides is 9. The Balaban J connectivity index is 1.57. The number of aliphatic hydroxyl groups is 1. The number of carbonyl (C=O) groups excluding carboxylic acids is 10. The van der Waals surface area contributed by atoms with E-state index in [1.807, 2.05) is 45.9 Å². The third-order valence-electron chi connectivity index (χ3n) is 19.7. The highest BCUT2D eigenvalue weighted by Gasteiger charge is 2.44. The lowest BCUT2D eigenvalue weighted by molar-refractivity contribution is -0.148. The Morgan fingerprint density at radius 1 is 0.687 bits per heavy atom. The Morgan fingerprint density at radius 2 is 1.32 bits per heavy atom. The summed E-state index contributed by atoms with van der Waals surface area (Å²) in [6.45, 7) is 28.8. The number of aliphatic hydroxyl groups excluding tert-OH is 1. The Bertz CT molecular complexity index is 2910.